The number of aryl methyl sites for hydroxylation is 2. The van der Waals surface area contributed by atoms with Crippen molar-refractivity contribution in [1.82, 2.24) is 29.4 Å². The summed E-state index contributed by atoms with van der Waals surface area (Å²) >= 11 is 0. The first-order valence-electron chi connectivity index (χ1n) is 10.7. The van der Waals surface area contributed by atoms with E-state index in [4.69, 9.17) is 5.10 Å². The lowest BCUT2D eigenvalue weighted by Gasteiger charge is -2.34. The van der Waals surface area contributed by atoms with Crippen molar-refractivity contribution in [2.24, 2.45) is 0 Å². The van der Waals surface area contributed by atoms with Crippen molar-refractivity contribution in [3.8, 4) is 5.69 Å². The Morgan fingerprint density at radius 1 is 1.06 bits per heavy atom. The second-order valence-electron chi connectivity index (χ2n) is 8.00. The Morgan fingerprint density at radius 3 is 2.44 bits per heavy atom. The lowest BCUT2D eigenvalue weighted by atomic mass is 10.1. The van der Waals surface area contributed by atoms with Crippen molar-refractivity contribution in [2.75, 3.05) is 26.2 Å². The minimum absolute atomic E-state index is 0.0482. The Hall–Kier alpha value is -3.53. The number of aromatic nitrogens is 4. The van der Waals surface area contributed by atoms with Crippen molar-refractivity contribution in [3.63, 3.8) is 0 Å². The van der Waals surface area contributed by atoms with Crippen LogP contribution < -0.4 is 0 Å². The van der Waals surface area contributed by atoms with Crippen molar-refractivity contribution in [3.05, 3.63) is 69.7 Å². The first-order chi connectivity index (χ1) is 15.4. The summed E-state index contributed by atoms with van der Waals surface area (Å²) in [4.78, 5) is 27.0. The van der Waals surface area contributed by atoms with Crippen LogP contribution in [0, 0.1) is 24.0 Å². The molecule has 32 heavy (non-hydrogen) atoms. The van der Waals surface area contributed by atoms with Crippen molar-refractivity contribution < 1.29 is 9.72 Å². The fourth-order valence-electron chi connectivity index (χ4n) is 4.04. The maximum absolute atomic E-state index is 12.6. The Morgan fingerprint density at radius 2 is 1.78 bits per heavy atom. The van der Waals surface area contributed by atoms with Gasteiger partial charge in [0.15, 0.2) is 0 Å². The van der Waals surface area contributed by atoms with Crippen LogP contribution in [-0.2, 0) is 17.9 Å². The highest BCUT2D eigenvalue weighted by Gasteiger charge is 2.23. The molecule has 4 rings (SSSR count). The number of benzene rings is 1. The summed E-state index contributed by atoms with van der Waals surface area (Å²) in [5, 5.41) is 19.3. The summed E-state index contributed by atoms with van der Waals surface area (Å²) in [6.45, 7) is 8.23. The van der Waals surface area contributed by atoms with Crippen LogP contribution in [0.4, 0.5) is 5.82 Å². The largest absolute Gasteiger partial charge is 0.389 e. The van der Waals surface area contributed by atoms with Crippen molar-refractivity contribution in [2.45, 2.75) is 33.4 Å². The lowest BCUT2D eigenvalue weighted by Crippen LogP contribution is -2.48. The predicted octanol–water partition coefficient (Wildman–Crippen LogP) is 2.33. The van der Waals surface area contributed by atoms with Gasteiger partial charge < -0.3 is 15.0 Å². The van der Waals surface area contributed by atoms with Gasteiger partial charge in [0.1, 0.15) is 0 Å². The maximum atomic E-state index is 12.6. The summed E-state index contributed by atoms with van der Waals surface area (Å²) in [6.07, 6.45) is 1.81. The first-order valence-corrected chi connectivity index (χ1v) is 10.7. The molecule has 0 aliphatic carbocycles. The summed E-state index contributed by atoms with van der Waals surface area (Å²) in [5.74, 6) is -0.153. The minimum atomic E-state index is -0.537. The van der Waals surface area contributed by atoms with E-state index in [1.54, 1.807) is 0 Å². The van der Waals surface area contributed by atoms with E-state index in [1.165, 1.54) is 22.5 Å². The maximum Gasteiger partial charge on any atom is 0.389 e. The molecule has 1 aliphatic rings. The molecule has 3 aromatic rings. The molecule has 1 aromatic carbocycles. The van der Waals surface area contributed by atoms with Gasteiger partial charge in [0.2, 0.25) is 5.91 Å². The molecule has 0 spiro atoms. The average Bonchev–Trinajstić information content (AvgIpc) is 3.39. The number of para-hydroxylation sites is 1. The summed E-state index contributed by atoms with van der Waals surface area (Å²) < 4.78 is 3.44. The van der Waals surface area contributed by atoms with Gasteiger partial charge in [0.05, 0.1) is 35.3 Å². The highest BCUT2D eigenvalue weighted by atomic mass is 16.6. The second-order valence-corrected chi connectivity index (χ2v) is 8.00. The highest BCUT2D eigenvalue weighted by Crippen LogP contribution is 2.20. The number of carbonyl (C=O) groups excluding carboxylic acids is 1. The van der Waals surface area contributed by atoms with Gasteiger partial charge in [-0.05, 0) is 30.9 Å². The van der Waals surface area contributed by atoms with Gasteiger partial charge in [-0.3, -0.25) is 9.69 Å². The van der Waals surface area contributed by atoms with Crippen LogP contribution in [0.25, 0.3) is 5.69 Å². The molecule has 0 N–H and O–H groups in total. The molecular weight excluding hydrogens is 410 g/mol. The molecule has 0 unspecified atom stereocenters. The molecule has 2 aromatic heterocycles. The Labute approximate surface area is 186 Å². The van der Waals surface area contributed by atoms with E-state index in [0.717, 1.165) is 36.7 Å². The normalized spacial score (nSPS) is 14.6. The third-order valence-electron chi connectivity index (χ3n) is 5.92. The van der Waals surface area contributed by atoms with E-state index in [1.807, 2.05) is 34.7 Å². The van der Waals surface area contributed by atoms with Gasteiger partial charge in [-0.15, -0.1) is 0 Å². The van der Waals surface area contributed by atoms with Crippen LogP contribution in [0.15, 0.2) is 42.6 Å². The number of nitrogens with zero attached hydrogens (tertiary/aromatic N) is 7. The quantitative estimate of drug-likeness (QED) is 0.415. The highest BCUT2D eigenvalue weighted by molar-refractivity contribution is 5.76. The van der Waals surface area contributed by atoms with E-state index in [-0.39, 0.29) is 18.1 Å². The summed E-state index contributed by atoms with van der Waals surface area (Å²) in [7, 11) is 0. The average molecular weight is 438 g/mol. The van der Waals surface area contributed by atoms with E-state index < -0.39 is 4.92 Å². The number of piperazine rings is 1. The van der Waals surface area contributed by atoms with Crippen molar-refractivity contribution in [1.29, 1.82) is 0 Å². The SMILES string of the molecule is Cc1nn(-c2ccccc2)c(C)c1CN1CCN(C(=O)CCn2ccc([N+](=O)[O-])n2)CC1. The third-order valence-corrected chi connectivity index (χ3v) is 5.92. The van der Waals surface area contributed by atoms with Crippen LogP contribution in [0.2, 0.25) is 0 Å². The molecule has 0 atom stereocenters. The monoisotopic (exact) mass is 437 g/mol. The number of amides is 1. The van der Waals surface area contributed by atoms with Crippen molar-refractivity contribution >= 4 is 11.7 Å². The van der Waals surface area contributed by atoms with E-state index in [2.05, 4.69) is 29.1 Å². The lowest BCUT2D eigenvalue weighted by molar-refractivity contribution is -0.389. The van der Waals surface area contributed by atoms with Crippen LogP contribution in [-0.4, -0.2) is 66.4 Å². The Bertz CT molecular complexity index is 1100. The number of nitro groups is 1. The van der Waals surface area contributed by atoms with Gasteiger partial charge in [0, 0.05) is 50.4 Å². The molecule has 0 radical (unpaired) electrons. The molecule has 0 saturated carbocycles. The molecule has 1 fully saturated rings. The molecule has 168 valence electrons. The van der Waals surface area contributed by atoms with E-state index in [9.17, 15) is 14.9 Å². The third kappa shape index (κ3) is 4.70. The smallest absolute Gasteiger partial charge is 0.358 e. The van der Waals surface area contributed by atoms with Gasteiger partial charge in [-0.1, -0.05) is 18.2 Å². The van der Waals surface area contributed by atoms with Gasteiger partial charge >= 0.3 is 5.82 Å². The van der Waals surface area contributed by atoms with Gasteiger partial charge in [-0.2, -0.15) is 9.78 Å². The van der Waals surface area contributed by atoms with Gasteiger partial charge in [-0.25, -0.2) is 4.68 Å². The van der Waals surface area contributed by atoms with E-state index in [0.29, 0.717) is 19.6 Å². The topological polar surface area (TPSA) is 102 Å². The molecular formula is C22H27N7O3. The zero-order valence-corrected chi connectivity index (χ0v) is 18.3. The summed E-state index contributed by atoms with van der Waals surface area (Å²) in [5.41, 5.74) is 4.45. The number of carbonyl (C=O) groups is 1. The Balaban J connectivity index is 1.30. The fraction of sp³-hybridized carbons (Fsp3) is 0.409. The van der Waals surface area contributed by atoms with Crippen LogP contribution in [0.3, 0.4) is 0 Å². The zero-order valence-electron chi connectivity index (χ0n) is 18.3. The zero-order chi connectivity index (χ0) is 22.7. The number of hydrogen-bond donors (Lipinski definition) is 0. The van der Waals surface area contributed by atoms with Gasteiger partial charge in [0.25, 0.3) is 0 Å². The molecule has 10 heteroatoms. The molecule has 10 nitrogen and oxygen atoms in total. The number of rotatable bonds is 7. The Kier molecular flexibility index (Phi) is 6.31. The minimum Gasteiger partial charge on any atom is -0.358 e. The van der Waals surface area contributed by atoms with Crippen LogP contribution in [0.5, 0.6) is 0 Å². The standard InChI is InChI=1S/C22H27N7O3/c1-17-20(18(2)28(23-17)19-6-4-3-5-7-19)16-25-12-14-26(15-13-25)22(30)9-11-27-10-8-21(24-27)29(31)32/h3-8,10H,9,11-16H2,1-2H3. The molecule has 1 amide bonds. The molecule has 1 saturated heterocycles. The second kappa shape index (κ2) is 9.31. The predicted molar refractivity (Wildman–Crippen MR) is 118 cm³/mol. The summed E-state index contributed by atoms with van der Waals surface area (Å²) in [6, 6.07) is 11.5. The molecule has 0 bridgehead atoms. The van der Waals surface area contributed by atoms with E-state index >= 15 is 0 Å². The molecule has 3 heterocycles. The fourth-order valence-corrected chi connectivity index (χ4v) is 4.04. The molecule has 1 aliphatic heterocycles. The number of hydrogen-bond acceptors (Lipinski definition) is 6. The van der Waals surface area contributed by atoms with Crippen LogP contribution in [0.1, 0.15) is 23.4 Å². The van der Waals surface area contributed by atoms with Crippen LogP contribution >= 0.6 is 0 Å². The first kappa shape index (κ1) is 21.7.